The van der Waals surface area contributed by atoms with E-state index in [1.165, 1.54) is 11.1 Å². The van der Waals surface area contributed by atoms with Gasteiger partial charge in [-0.2, -0.15) is 0 Å². The fourth-order valence-electron chi connectivity index (χ4n) is 2.46. The first-order chi connectivity index (χ1) is 12.1. The second-order valence-electron chi connectivity index (χ2n) is 6.31. The first-order valence-corrected chi connectivity index (χ1v) is 8.71. The molecule has 0 aliphatic heterocycles. The van der Waals surface area contributed by atoms with Crippen molar-refractivity contribution in [1.82, 2.24) is 5.32 Å². The summed E-state index contributed by atoms with van der Waals surface area (Å²) in [6.07, 6.45) is 1.81. The lowest BCUT2D eigenvalue weighted by molar-refractivity contribution is -0.123. The van der Waals surface area contributed by atoms with Gasteiger partial charge in [-0.05, 0) is 54.2 Å². The minimum Gasteiger partial charge on any atom is -0.497 e. The number of ether oxygens (including phenoxy) is 2. The minimum absolute atomic E-state index is 0.0452. The van der Waals surface area contributed by atoms with Gasteiger partial charge in [-0.15, -0.1) is 0 Å². The van der Waals surface area contributed by atoms with Gasteiger partial charge < -0.3 is 14.8 Å². The van der Waals surface area contributed by atoms with Crippen LogP contribution in [-0.2, 0) is 11.2 Å². The summed E-state index contributed by atoms with van der Waals surface area (Å²) in [6, 6.07) is 15.9. The zero-order valence-corrected chi connectivity index (χ0v) is 15.2. The standard InChI is InChI=1S/C21H27NO3/c1-16(2)18-8-12-20(13-9-18)25-15-21(23)22-14-4-5-17-6-10-19(24-3)11-7-17/h6-13,16H,4-5,14-15H2,1-3H3,(H,22,23). The Hall–Kier alpha value is -2.49. The first kappa shape index (κ1) is 18.8. The third kappa shape index (κ3) is 6.49. The van der Waals surface area contributed by atoms with Crippen LogP contribution < -0.4 is 14.8 Å². The number of carbonyl (C=O) groups is 1. The largest absolute Gasteiger partial charge is 0.497 e. The van der Waals surface area contributed by atoms with E-state index in [2.05, 4.69) is 19.2 Å². The van der Waals surface area contributed by atoms with Crippen molar-refractivity contribution in [2.24, 2.45) is 0 Å². The van der Waals surface area contributed by atoms with Gasteiger partial charge in [-0.1, -0.05) is 38.1 Å². The Morgan fingerprint density at radius 1 is 1.00 bits per heavy atom. The molecule has 0 fully saturated rings. The maximum Gasteiger partial charge on any atom is 0.257 e. The number of hydrogen-bond acceptors (Lipinski definition) is 3. The summed E-state index contributed by atoms with van der Waals surface area (Å²) in [5.74, 6) is 1.97. The van der Waals surface area contributed by atoms with Gasteiger partial charge in [0, 0.05) is 6.54 Å². The van der Waals surface area contributed by atoms with Crippen LogP contribution >= 0.6 is 0 Å². The van der Waals surface area contributed by atoms with Gasteiger partial charge in [0.1, 0.15) is 11.5 Å². The summed E-state index contributed by atoms with van der Waals surface area (Å²) in [4.78, 5) is 11.8. The fourth-order valence-corrected chi connectivity index (χ4v) is 2.46. The molecule has 1 N–H and O–H groups in total. The molecular weight excluding hydrogens is 314 g/mol. The molecule has 0 aliphatic rings. The SMILES string of the molecule is COc1ccc(CCCNC(=O)COc2ccc(C(C)C)cc2)cc1. The summed E-state index contributed by atoms with van der Waals surface area (Å²) >= 11 is 0. The molecule has 2 aromatic rings. The van der Waals surface area contributed by atoms with Gasteiger partial charge in [-0.3, -0.25) is 4.79 Å². The van der Waals surface area contributed by atoms with E-state index in [1.54, 1.807) is 7.11 Å². The third-order valence-corrected chi connectivity index (χ3v) is 4.04. The van der Waals surface area contributed by atoms with Crippen molar-refractivity contribution in [3.63, 3.8) is 0 Å². The van der Waals surface area contributed by atoms with Crippen molar-refractivity contribution in [3.8, 4) is 11.5 Å². The van der Waals surface area contributed by atoms with Crippen molar-refractivity contribution in [1.29, 1.82) is 0 Å². The lowest BCUT2D eigenvalue weighted by atomic mass is 10.0. The van der Waals surface area contributed by atoms with Crippen LogP contribution in [0.15, 0.2) is 48.5 Å². The number of carbonyl (C=O) groups excluding carboxylic acids is 1. The number of rotatable bonds is 9. The Balaban J connectivity index is 1.63. The third-order valence-electron chi connectivity index (χ3n) is 4.04. The summed E-state index contributed by atoms with van der Waals surface area (Å²) in [7, 11) is 1.66. The van der Waals surface area contributed by atoms with E-state index in [0.29, 0.717) is 12.5 Å². The van der Waals surface area contributed by atoms with Crippen LogP contribution in [0.2, 0.25) is 0 Å². The van der Waals surface area contributed by atoms with Crippen molar-refractivity contribution in [2.75, 3.05) is 20.3 Å². The molecule has 0 saturated carbocycles. The highest BCUT2D eigenvalue weighted by atomic mass is 16.5. The maximum absolute atomic E-state index is 11.8. The van der Waals surface area contributed by atoms with E-state index < -0.39 is 0 Å². The average molecular weight is 341 g/mol. The van der Waals surface area contributed by atoms with Crippen LogP contribution in [0.1, 0.15) is 37.3 Å². The van der Waals surface area contributed by atoms with Crippen LogP contribution in [0.3, 0.4) is 0 Å². The molecule has 0 saturated heterocycles. The predicted octanol–water partition coefficient (Wildman–Crippen LogP) is 3.95. The lowest BCUT2D eigenvalue weighted by Crippen LogP contribution is -2.29. The second kappa shape index (κ2) is 9.72. The number of methoxy groups -OCH3 is 1. The summed E-state index contributed by atoms with van der Waals surface area (Å²) < 4.78 is 10.7. The number of amides is 1. The number of nitrogens with one attached hydrogen (secondary N) is 1. The molecule has 25 heavy (non-hydrogen) atoms. The number of benzene rings is 2. The molecule has 0 radical (unpaired) electrons. The molecule has 0 atom stereocenters. The van der Waals surface area contributed by atoms with Crippen LogP contribution in [0.5, 0.6) is 11.5 Å². The van der Waals surface area contributed by atoms with Crippen LogP contribution in [-0.4, -0.2) is 26.2 Å². The predicted molar refractivity (Wildman–Crippen MR) is 100 cm³/mol. The highest BCUT2D eigenvalue weighted by Crippen LogP contribution is 2.18. The molecular formula is C21H27NO3. The van der Waals surface area contributed by atoms with Gasteiger partial charge in [0.2, 0.25) is 0 Å². The van der Waals surface area contributed by atoms with Gasteiger partial charge in [0.25, 0.3) is 5.91 Å². The van der Waals surface area contributed by atoms with E-state index in [-0.39, 0.29) is 12.5 Å². The molecule has 4 nitrogen and oxygen atoms in total. The van der Waals surface area contributed by atoms with Gasteiger partial charge in [0.05, 0.1) is 7.11 Å². The Morgan fingerprint density at radius 3 is 2.24 bits per heavy atom. The highest BCUT2D eigenvalue weighted by molar-refractivity contribution is 5.77. The topological polar surface area (TPSA) is 47.6 Å². The van der Waals surface area contributed by atoms with Crippen LogP contribution in [0, 0.1) is 0 Å². The average Bonchev–Trinajstić information content (AvgIpc) is 2.64. The molecule has 134 valence electrons. The van der Waals surface area contributed by atoms with E-state index in [1.807, 2.05) is 48.5 Å². The van der Waals surface area contributed by atoms with Gasteiger partial charge in [-0.25, -0.2) is 0 Å². The van der Waals surface area contributed by atoms with Crippen LogP contribution in [0.4, 0.5) is 0 Å². The molecule has 1 amide bonds. The zero-order valence-electron chi connectivity index (χ0n) is 15.2. The summed E-state index contributed by atoms with van der Waals surface area (Å²) in [6.45, 7) is 4.98. The molecule has 0 aliphatic carbocycles. The fraction of sp³-hybridized carbons (Fsp3) is 0.381. The minimum atomic E-state index is -0.0948. The van der Waals surface area contributed by atoms with E-state index in [0.717, 1.165) is 24.3 Å². The Labute approximate surface area is 150 Å². The maximum atomic E-state index is 11.8. The summed E-state index contributed by atoms with van der Waals surface area (Å²) in [5.41, 5.74) is 2.49. The highest BCUT2D eigenvalue weighted by Gasteiger charge is 2.04. The molecule has 0 aromatic heterocycles. The van der Waals surface area contributed by atoms with Crippen LogP contribution in [0.25, 0.3) is 0 Å². The van der Waals surface area contributed by atoms with Crippen molar-refractivity contribution in [3.05, 3.63) is 59.7 Å². The molecule has 0 bridgehead atoms. The Bertz CT molecular complexity index is 648. The van der Waals surface area contributed by atoms with Crippen molar-refractivity contribution >= 4 is 5.91 Å². The van der Waals surface area contributed by atoms with Gasteiger partial charge >= 0.3 is 0 Å². The quantitative estimate of drug-likeness (QED) is 0.703. The zero-order chi connectivity index (χ0) is 18.1. The van der Waals surface area contributed by atoms with Crippen molar-refractivity contribution in [2.45, 2.75) is 32.6 Å². The molecule has 2 rings (SSSR count). The number of aryl methyl sites for hydroxylation is 1. The Morgan fingerprint density at radius 2 is 1.64 bits per heavy atom. The molecule has 0 spiro atoms. The van der Waals surface area contributed by atoms with Gasteiger partial charge in [0.15, 0.2) is 6.61 Å². The molecule has 0 unspecified atom stereocenters. The second-order valence-corrected chi connectivity index (χ2v) is 6.31. The van der Waals surface area contributed by atoms with Crippen molar-refractivity contribution < 1.29 is 14.3 Å². The van der Waals surface area contributed by atoms with E-state index >= 15 is 0 Å². The molecule has 4 heteroatoms. The van der Waals surface area contributed by atoms with E-state index in [9.17, 15) is 4.79 Å². The molecule has 0 heterocycles. The number of hydrogen-bond donors (Lipinski definition) is 1. The Kier molecular flexibility index (Phi) is 7.33. The smallest absolute Gasteiger partial charge is 0.257 e. The first-order valence-electron chi connectivity index (χ1n) is 8.71. The molecule has 2 aromatic carbocycles. The lowest BCUT2D eigenvalue weighted by Gasteiger charge is -2.09. The monoisotopic (exact) mass is 341 g/mol. The summed E-state index contributed by atoms with van der Waals surface area (Å²) in [5, 5.41) is 2.89. The normalized spacial score (nSPS) is 10.6. The van der Waals surface area contributed by atoms with E-state index in [4.69, 9.17) is 9.47 Å².